The highest BCUT2D eigenvalue weighted by atomic mass is 16.4. The van der Waals surface area contributed by atoms with Gasteiger partial charge in [0, 0.05) is 5.69 Å². The van der Waals surface area contributed by atoms with Crippen LogP contribution in [0.5, 0.6) is 0 Å². The summed E-state index contributed by atoms with van der Waals surface area (Å²) in [7, 11) is 0. The molecule has 1 aromatic rings. The van der Waals surface area contributed by atoms with Gasteiger partial charge in [0.1, 0.15) is 18.8 Å². The Kier molecular flexibility index (Phi) is 4.36. The highest BCUT2D eigenvalue weighted by Crippen LogP contribution is 2.03. The highest BCUT2D eigenvalue weighted by Gasteiger charge is 2.21. The third kappa shape index (κ3) is 3.85. The Balaban J connectivity index is 2.94. The molecule has 0 bridgehead atoms. The number of pyridine rings is 1. The van der Waals surface area contributed by atoms with Gasteiger partial charge in [0.15, 0.2) is 0 Å². The van der Waals surface area contributed by atoms with Crippen LogP contribution in [0.15, 0.2) is 18.2 Å². The van der Waals surface area contributed by atoms with E-state index in [2.05, 4.69) is 4.98 Å². The van der Waals surface area contributed by atoms with Crippen LogP contribution in [0.3, 0.4) is 0 Å². The van der Waals surface area contributed by atoms with Crippen molar-refractivity contribution in [3.63, 3.8) is 0 Å². The summed E-state index contributed by atoms with van der Waals surface area (Å²) in [4.78, 5) is 38.2. The van der Waals surface area contributed by atoms with E-state index in [4.69, 9.17) is 10.8 Å². The van der Waals surface area contributed by atoms with Gasteiger partial charge in [-0.25, -0.2) is 4.98 Å². The van der Waals surface area contributed by atoms with Crippen molar-refractivity contribution >= 4 is 17.8 Å². The number of hydrogen-bond donors (Lipinski definition) is 2. The van der Waals surface area contributed by atoms with Gasteiger partial charge in [-0.05, 0) is 19.1 Å². The molecule has 96 valence electrons. The van der Waals surface area contributed by atoms with E-state index in [1.807, 2.05) is 0 Å². The second kappa shape index (κ2) is 5.76. The van der Waals surface area contributed by atoms with Gasteiger partial charge in [-0.3, -0.25) is 14.4 Å². The number of carboxylic acid groups (broad SMARTS) is 1. The normalized spacial score (nSPS) is 9.83. The molecule has 0 saturated carbocycles. The van der Waals surface area contributed by atoms with Crippen molar-refractivity contribution in [3.05, 3.63) is 29.6 Å². The second-order valence-corrected chi connectivity index (χ2v) is 3.69. The molecule has 0 radical (unpaired) electrons. The average molecular weight is 251 g/mol. The quantitative estimate of drug-likeness (QED) is 0.725. The molecule has 0 unspecified atom stereocenters. The Hall–Kier alpha value is -2.44. The van der Waals surface area contributed by atoms with Gasteiger partial charge in [0.25, 0.3) is 5.91 Å². The number of carbonyl (C=O) groups excluding carboxylic acids is 2. The molecule has 7 nitrogen and oxygen atoms in total. The molecule has 18 heavy (non-hydrogen) atoms. The van der Waals surface area contributed by atoms with Crippen molar-refractivity contribution in [1.82, 2.24) is 9.88 Å². The summed E-state index contributed by atoms with van der Waals surface area (Å²) in [6, 6.07) is 4.77. The monoisotopic (exact) mass is 251 g/mol. The van der Waals surface area contributed by atoms with Crippen molar-refractivity contribution < 1.29 is 19.5 Å². The van der Waals surface area contributed by atoms with E-state index in [0.717, 1.165) is 4.90 Å². The molecule has 1 rings (SSSR count). The predicted molar refractivity (Wildman–Crippen MR) is 61.7 cm³/mol. The van der Waals surface area contributed by atoms with Gasteiger partial charge < -0.3 is 15.7 Å². The van der Waals surface area contributed by atoms with Crippen LogP contribution in [-0.4, -0.2) is 45.9 Å². The molecular formula is C11H13N3O4. The molecule has 0 atom stereocenters. The summed E-state index contributed by atoms with van der Waals surface area (Å²) in [5.41, 5.74) is 5.67. The minimum Gasteiger partial charge on any atom is -0.480 e. The fourth-order valence-corrected chi connectivity index (χ4v) is 1.38. The Morgan fingerprint density at radius 2 is 2.00 bits per heavy atom. The lowest BCUT2D eigenvalue weighted by molar-refractivity contribution is -0.138. The van der Waals surface area contributed by atoms with Crippen molar-refractivity contribution in [2.45, 2.75) is 6.92 Å². The van der Waals surface area contributed by atoms with Gasteiger partial charge in [-0.15, -0.1) is 0 Å². The lowest BCUT2D eigenvalue weighted by Gasteiger charge is -2.18. The molecule has 0 aromatic carbocycles. The smallest absolute Gasteiger partial charge is 0.323 e. The molecule has 0 aliphatic rings. The SMILES string of the molecule is Cc1cccc(C(=O)N(CC(N)=O)CC(=O)O)n1. The van der Waals surface area contributed by atoms with Gasteiger partial charge in [-0.2, -0.15) is 0 Å². The van der Waals surface area contributed by atoms with Crippen LogP contribution in [0.2, 0.25) is 0 Å². The molecule has 2 amide bonds. The van der Waals surface area contributed by atoms with Crippen LogP contribution < -0.4 is 5.73 Å². The third-order valence-electron chi connectivity index (χ3n) is 2.07. The van der Waals surface area contributed by atoms with Crippen LogP contribution in [0.1, 0.15) is 16.2 Å². The largest absolute Gasteiger partial charge is 0.480 e. The molecule has 0 aliphatic heterocycles. The topological polar surface area (TPSA) is 114 Å². The Labute approximate surface area is 103 Å². The number of carboxylic acids is 1. The molecular weight excluding hydrogens is 238 g/mol. The third-order valence-corrected chi connectivity index (χ3v) is 2.07. The Morgan fingerprint density at radius 1 is 1.33 bits per heavy atom. The maximum Gasteiger partial charge on any atom is 0.323 e. The zero-order valence-electron chi connectivity index (χ0n) is 9.79. The number of aliphatic carboxylic acids is 1. The number of carbonyl (C=O) groups is 3. The van der Waals surface area contributed by atoms with E-state index in [1.165, 1.54) is 6.07 Å². The number of hydrogen-bond acceptors (Lipinski definition) is 4. The molecule has 0 spiro atoms. The van der Waals surface area contributed by atoms with E-state index in [1.54, 1.807) is 19.1 Å². The summed E-state index contributed by atoms with van der Waals surface area (Å²) in [5, 5.41) is 8.68. The molecule has 3 N–H and O–H groups in total. The van der Waals surface area contributed by atoms with Crippen molar-refractivity contribution in [2.75, 3.05) is 13.1 Å². The summed E-state index contributed by atoms with van der Waals surface area (Å²) >= 11 is 0. The van der Waals surface area contributed by atoms with E-state index >= 15 is 0 Å². The van der Waals surface area contributed by atoms with Crippen molar-refractivity contribution in [3.8, 4) is 0 Å². The first-order valence-electron chi connectivity index (χ1n) is 5.13. The van der Waals surface area contributed by atoms with Gasteiger partial charge in [0.2, 0.25) is 5.91 Å². The molecule has 1 heterocycles. The summed E-state index contributed by atoms with van der Waals surface area (Å²) < 4.78 is 0. The number of nitrogens with zero attached hydrogens (tertiary/aromatic N) is 2. The summed E-state index contributed by atoms with van der Waals surface area (Å²) in [6.45, 7) is 0.643. The fourth-order valence-electron chi connectivity index (χ4n) is 1.38. The maximum absolute atomic E-state index is 12.0. The molecule has 7 heteroatoms. The fraction of sp³-hybridized carbons (Fsp3) is 0.273. The predicted octanol–water partition coefficient (Wildman–Crippen LogP) is -0.598. The van der Waals surface area contributed by atoms with Gasteiger partial charge in [0.05, 0.1) is 0 Å². The lowest BCUT2D eigenvalue weighted by atomic mass is 10.2. The summed E-state index contributed by atoms with van der Waals surface area (Å²) in [6.07, 6.45) is 0. The Bertz CT molecular complexity index is 471. The average Bonchev–Trinajstić information content (AvgIpc) is 2.26. The van der Waals surface area contributed by atoms with Crippen LogP contribution >= 0.6 is 0 Å². The highest BCUT2D eigenvalue weighted by molar-refractivity contribution is 5.96. The number of aryl methyl sites for hydroxylation is 1. The van der Waals surface area contributed by atoms with Crippen LogP contribution in [0.25, 0.3) is 0 Å². The second-order valence-electron chi connectivity index (χ2n) is 3.69. The zero-order chi connectivity index (χ0) is 13.7. The van der Waals surface area contributed by atoms with Gasteiger partial charge in [-0.1, -0.05) is 6.07 Å². The van der Waals surface area contributed by atoms with Gasteiger partial charge >= 0.3 is 5.97 Å². The first-order chi connectivity index (χ1) is 8.40. The maximum atomic E-state index is 12.0. The first-order valence-corrected chi connectivity index (χ1v) is 5.13. The van der Waals surface area contributed by atoms with Crippen LogP contribution in [0, 0.1) is 6.92 Å². The van der Waals surface area contributed by atoms with Crippen LogP contribution in [-0.2, 0) is 9.59 Å². The summed E-state index contributed by atoms with van der Waals surface area (Å²) in [5.74, 6) is -2.64. The number of amides is 2. The van der Waals surface area contributed by atoms with Crippen molar-refractivity contribution in [1.29, 1.82) is 0 Å². The number of aromatic nitrogens is 1. The molecule has 0 aliphatic carbocycles. The molecule has 0 fully saturated rings. The number of primary amides is 1. The molecule has 0 saturated heterocycles. The Morgan fingerprint density at radius 3 is 2.50 bits per heavy atom. The lowest BCUT2D eigenvalue weighted by Crippen LogP contribution is -2.41. The zero-order valence-corrected chi connectivity index (χ0v) is 9.79. The minimum absolute atomic E-state index is 0.0810. The van der Waals surface area contributed by atoms with Crippen molar-refractivity contribution in [2.24, 2.45) is 5.73 Å². The molecule has 1 aromatic heterocycles. The minimum atomic E-state index is -1.22. The number of nitrogens with two attached hydrogens (primary N) is 1. The van der Waals surface area contributed by atoms with E-state index in [-0.39, 0.29) is 5.69 Å². The van der Waals surface area contributed by atoms with E-state index in [9.17, 15) is 14.4 Å². The standard InChI is InChI=1S/C11H13N3O4/c1-7-3-2-4-8(13-7)11(18)14(5-9(12)15)6-10(16)17/h2-4H,5-6H2,1H3,(H2,12,15)(H,16,17). The first kappa shape index (κ1) is 13.6. The van der Waals surface area contributed by atoms with E-state index < -0.39 is 30.9 Å². The van der Waals surface area contributed by atoms with E-state index in [0.29, 0.717) is 5.69 Å². The number of rotatable bonds is 5. The van der Waals surface area contributed by atoms with Crippen LogP contribution in [0.4, 0.5) is 0 Å².